The Morgan fingerprint density at radius 1 is 1.10 bits per heavy atom. The van der Waals surface area contributed by atoms with Gasteiger partial charge in [-0.2, -0.15) is 0 Å². The number of aromatic nitrogens is 4. The molecule has 0 saturated carbocycles. The lowest BCUT2D eigenvalue weighted by Gasteiger charge is -2.09. The first-order valence-electron chi connectivity index (χ1n) is 9.24. The van der Waals surface area contributed by atoms with E-state index in [4.69, 9.17) is 4.74 Å². The maximum Gasteiger partial charge on any atom is 0.251 e. The van der Waals surface area contributed by atoms with Crippen molar-refractivity contribution in [2.45, 2.75) is 12.1 Å². The molecular weight excluding hydrogens is 404 g/mol. The second kappa shape index (κ2) is 10.4. The monoisotopic (exact) mass is 426 g/mol. The largest absolute Gasteiger partial charge is 0.492 e. The summed E-state index contributed by atoms with van der Waals surface area (Å²) in [4.78, 5) is 24.3. The lowest BCUT2D eigenvalue weighted by Crippen LogP contribution is -2.28. The molecule has 0 atom stereocenters. The van der Waals surface area contributed by atoms with Crippen LogP contribution in [0.15, 0.2) is 53.7 Å². The Hall–Kier alpha value is -3.40. The molecule has 3 rings (SSSR count). The van der Waals surface area contributed by atoms with Crippen molar-refractivity contribution in [3.63, 3.8) is 0 Å². The predicted octanol–water partition coefficient (Wildman–Crippen LogP) is 2.06. The number of rotatable bonds is 9. The number of carbonyl (C=O) groups excluding carboxylic acids is 2. The normalized spacial score (nSPS) is 10.5. The third kappa shape index (κ3) is 6.31. The van der Waals surface area contributed by atoms with Crippen LogP contribution in [0.25, 0.3) is 0 Å². The van der Waals surface area contributed by atoms with Crippen molar-refractivity contribution in [2.75, 3.05) is 24.2 Å². The summed E-state index contributed by atoms with van der Waals surface area (Å²) < 4.78 is 7.09. The van der Waals surface area contributed by atoms with E-state index in [1.165, 1.54) is 16.4 Å². The zero-order chi connectivity index (χ0) is 21.3. The third-order valence-corrected chi connectivity index (χ3v) is 5.03. The molecule has 2 aromatic carbocycles. The van der Waals surface area contributed by atoms with Gasteiger partial charge in [0, 0.05) is 18.3 Å². The SMILES string of the molecule is Cc1ccc(OCCNC(=O)c2ccc(NC(=O)CSc3nnnn3C)cc2)cc1. The van der Waals surface area contributed by atoms with Crippen molar-refractivity contribution < 1.29 is 14.3 Å². The summed E-state index contributed by atoms with van der Waals surface area (Å²) in [7, 11) is 1.71. The minimum atomic E-state index is -0.203. The minimum Gasteiger partial charge on any atom is -0.492 e. The summed E-state index contributed by atoms with van der Waals surface area (Å²) in [6, 6.07) is 14.4. The lowest BCUT2D eigenvalue weighted by molar-refractivity contribution is -0.113. The molecule has 0 unspecified atom stereocenters. The average molecular weight is 427 g/mol. The fraction of sp³-hybridized carbons (Fsp3) is 0.250. The van der Waals surface area contributed by atoms with Crippen molar-refractivity contribution in [1.82, 2.24) is 25.5 Å². The van der Waals surface area contributed by atoms with E-state index in [2.05, 4.69) is 26.2 Å². The Balaban J connectivity index is 1.39. The zero-order valence-electron chi connectivity index (χ0n) is 16.7. The van der Waals surface area contributed by atoms with Crippen LogP contribution in [0.4, 0.5) is 5.69 Å². The Bertz CT molecular complexity index is 989. The van der Waals surface area contributed by atoms with E-state index in [-0.39, 0.29) is 17.6 Å². The van der Waals surface area contributed by atoms with Crippen LogP contribution in [0, 0.1) is 6.92 Å². The summed E-state index contributed by atoms with van der Waals surface area (Å²) >= 11 is 1.24. The highest BCUT2D eigenvalue weighted by atomic mass is 32.2. The third-order valence-electron chi connectivity index (χ3n) is 4.02. The van der Waals surface area contributed by atoms with E-state index >= 15 is 0 Å². The van der Waals surface area contributed by atoms with Gasteiger partial charge in [0.1, 0.15) is 12.4 Å². The van der Waals surface area contributed by atoms with Crippen molar-refractivity contribution in [3.05, 3.63) is 59.7 Å². The number of nitrogens with zero attached hydrogens (tertiary/aromatic N) is 4. The number of tetrazole rings is 1. The first-order chi connectivity index (χ1) is 14.5. The fourth-order valence-electron chi connectivity index (χ4n) is 2.45. The van der Waals surface area contributed by atoms with E-state index in [1.54, 1.807) is 31.3 Å². The maximum atomic E-state index is 12.2. The smallest absolute Gasteiger partial charge is 0.251 e. The number of aryl methyl sites for hydroxylation is 2. The molecule has 2 amide bonds. The molecule has 156 valence electrons. The number of ether oxygens (including phenoxy) is 1. The highest BCUT2D eigenvalue weighted by Crippen LogP contribution is 2.14. The van der Waals surface area contributed by atoms with Crippen LogP contribution in [0.1, 0.15) is 15.9 Å². The zero-order valence-corrected chi connectivity index (χ0v) is 17.5. The molecule has 9 nitrogen and oxygen atoms in total. The predicted molar refractivity (Wildman–Crippen MR) is 114 cm³/mol. The molecule has 0 bridgehead atoms. The molecule has 10 heteroatoms. The van der Waals surface area contributed by atoms with E-state index in [0.717, 1.165) is 11.3 Å². The maximum absolute atomic E-state index is 12.2. The summed E-state index contributed by atoms with van der Waals surface area (Å²) in [6.45, 7) is 2.78. The van der Waals surface area contributed by atoms with Gasteiger partial charge in [-0.25, -0.2) is 4.68 Å². The van der Waals surface area contributed by atoms with Crippen molar-refractivity contribution >= 4 is 29.3 Å². The highest BCUT2D eigenvalue weighted by molar-refractivity contribution is 7.99. The average Bonchev–Trinajstić information content (AvgIpc) is 3.16. The standard InChI is InChI=1S/C20H22N6O3S/c1-14-3-9-17(10-4-14)29-12-11-21-19(28)15-5-7-16(8-6-15)22-18(27)13-30-20-23-24-25-26(20)2/h3-10H,11-13H2,1-2H3,(H,21,28)(H,22,27). The van der Waals surface area contributed by atoms with Gasteiger partial charge in [-0.3, -0.25) is 9.59 Å². The molecule has 0 radical (unpaired) electrons. The molecule has 1 heterocycles. The molecule has 0 aliphatic heterocycles. The Labute approximate surface area is 178 Å². The molecule has 0 fully saturated rings. The second-order valence-corrected chi connectivity index (χ2v) is 7.36. The number of benzene rings is 2. The quantitative estimate of drug-likeness (QED) is 0.398. The van der Waals surface area contributed by atoms with E-state index < -0.39 is 0 Å². The fourth-order valence-corrected chi connectivity index (χ4v) is 3.10. The lowest BCUT2D eigenvalue weighted by atomic mass is 10.2. The van der Waals surface area contributed by atoms with Gasteiger partial charge in [-0.05, 0) is 53.7 Å². The number of nitrogens with one attached hydrogen (secondary N) is 2. The van der Waals surface area contributed by atoms with Gasteiger partial charge >= 0.3 is 0 Å². The van der Waals surface area contributed by atoms with Crippen molar-refractivity contribution in [1.29, 1.82) is 0 Å². The van der Waals surface area contributed by atoms with Crippen LogP contribution in [0.5, 0.6) is 5.75 Å². The first kappa shape index (κ1) is 21.3. The second-order valence-electron chi connectivity index (χ2n) is 6.42. The molecular formula is C20H22N6O3S. The van der Waals surface area contributed by atoms with Crippen LogP contribution in [0.2, 0.25) is 0 Å². The summed E-state index contributed by atoms with van der Waals surface area (Å²) in [5.74, 6) is 0.556. The van der Waals surface area contributed by atoms with E-state index in [1.807, 2.05) is 31.2 Å². The Morgan fingerprint density at radius 2 is 1.83 bits per heavy atom. The Morgan fingerprint density at radius 3 is 2.50 bits per heavy atom. The van der Waals surface area contributed by atoms with Crippen molar-refractivity contribution in [2.24, 2.45) is 7.05 Å². The number of hydrogen-bond donors (Lipinski definition) is 2. The van der Waals surface area contributed by atoms with Crippen LogP contribution < -0.4 is 15.4 Å². The van der Waals surface area contributed by atoms with Gasteiger partial charge < -0.3 is 15.4 Å². The molecule has 1 aromatic heterocycles. The number of amides is 2. The van der Waals surface area contributed by atoms with Gasteiger partial charge in [0.15, 0.2) is 0 Å². The van der Waals surface area contributed by atoms with Crippen LogP contribution in [0.3, 0.4) is 0 Å². The molecule has 30 heavy (non-hydrogen) atoms. The molecule has 0 saturated heterocycles. The first-order valence-corrected chi connectivity index (χ1v) is 10.2. The van der Waals surface area contributed by atoms with Crippen molar-refractivity contribution in [3.8, 4) is 5.75 Å². The van der Waals surface area contributed by atoms with E-state index in [0.29, 0.717) is 29.6 Å². The molecule has 0 aliphatic rings. The van der Waals surface area contributed by atoms with E-state index in [9.17, 15) is 9.59 Å². The molecule has 0 aliphatic carbocycles. The number of thioether (sulfide) groups is 1. The van der Waals surface area contributed by atoms with Gasteiger partial charge in [0.2, 0.25) is 11.1 Å². The molecule has 2 N–H and O–H groups in total. The van der Waals surface area contributed by atoms with Crippen LogP contribution in [-0.2, 0) is 11.8 Å². The number of anilines is 1. The number of hydrogen-bond acceptors (Lipinski definition) is 7. The topological polar surface area (TPSA) is 111 Å². The van der Waals surface area contributed by atoms with Gasteiger partial charge in [-0.15, -0.1) is 5.10 Å². The summed E-state index contributed by atoms with van der Waals surface area (Å²) in [5.41, 5.74) is 2.27. The van der Waals surface area contributed by atoms with Gasteiger partial charge in [0.05, 0.1) is 12.3 Å². The number of carbonyl (C=O) groups is 2. The summed E-state index contributed by atoms with van der Waals surface area (Å²) in [6.07, 6.45) is 0. The summed E-state index contributed by atoms with van der Waals surface area (Å²) in [5, 5.41) is 17.2. The van der Waals surface area contributed by atoms with Crippen LogP contribution in [-0.4, -0.2) is 50.9 Å². The minimum absolute atomic E-state index is 0.178. The molecule has 0 spiro atoms. The Kier molecular flexibility index (Phi) is 7.39. The molecule has 3 aromatic rings. The highest BCUT2D eigenvalue weighted by Gasteiger charge is 2.09. The van der Waals surface area contributed by atoms with Crippen LogP contribution >= 0.6 is 11.8 Å². The van der Waals surface area contributed by atoms with Gasteiger partial charge in [-0.1, -0.05) is 29.5 Å². The van der Waals surface area contributed by atoms with Gasteiger partial charge in [0.25, 0.3) is 5.91 Å².